The molecular weight excluding hydrogens is 386 g/mol. The molecule has 0 radical (unpaired) electrons. The standard InChI is InChI=1S/C20H23N7OS/c1-3-4-15-11-17(27-26-15)22-19-23-18(13-5-6-13)24-20(25-19)29-16-9-7-14(8-10-16)21-12(2)28/h7-11,13H,3-6H2,1-2H3,(H,21,28)(H2,22,23,24,25,26,27). The smallest absolute Gasteiger partial charge is 0.232 e. The second kappa shape index (κ2) is 8.60. The van der Waals surface area contributed by atoms with Crippen molar-refractivity contribution in [2.45, 2.75) is 55.5 Å². The summed E-state index contributed by atoms with van der Waals surface area (Å²) in [5, 5.41) is 13.9. The summed E-state index contributed by atoms with van der Waals surface area (Å²) in [6.07, 6.45) is 4.24. The van der Waals surface area contributed by atoms with E-state index in [0.29, 0.717) is 22.8 Å². The number of aromatic amines is 1. The van der Waals surface area contributed by atoms with Crippen LogP contribution in [0.1, 0.15) is 50.5 Å². The van der Waals surface area contributed by atoms with Crippen molar-refractivity contribution < 1.29 is 4.79 Å². The molecule has 1 amide bonds. The lowest BCUT2D eigenvalue weighted by Crippen LogP contribution is -2.05. The number of H-pyrrole nitrogens is 1. The first-order chi connectivity index (χ1) is 14.1. The van der Waals surface area contributed by atoms with Gasteiger partial charge in [-0.1, -0.05) is 13.3 Å². The summed E-state index contributed by atoms with van der Waals surface area (Å²) in [7, 11) is 0. The molecule has 9 heteroatoms. The lowest BCUT2D eigenvalue weighted by atomic mass is 10.2. The minimum Gasteiger partial charge on any atom is -0.326 e. The van der Waals surface area contributed by atoms with Gasteiger partial charge in [-0.15, -0.1) is 0 Å². The summed E-state index contributed by atoms with van der Waals surface area (Å²) in [6.45, 7) is 3.63. The van der Waals surface area contributed by atoms with Crippen molar-refractivity contribution in [2.75, 3.05) is 10.6 Å². The third-order valence-corrected chi connectivity index (χ3v) is 5.22. The fourth-order valence-corrected chi connectivity index (χ4v) is 3.60. The maximum Gasteiger partial charge on any atom is 0.232 e. The molecule has 1 aliphatic rings. The molecule has 1 fully saturated rings. The van der Waals surface area contributed by atoms with Crippen molar-refractivity contribution in [1.82, 2.24) is 25.1 Å². The molecule has 1 aliphatic carbocycles. The molecule has 2 aromatic heterocycles. The van der Waals surface area contributed by atoms with Gasteiger partial charge in [-0.2, -0.15) is 15.1 Å². The number of hydrogen-bond donors (Lipinski definition) is 3. The highest BCUT2D eigenvalue weighted by Crippen LogP contribution is 2.39. The van der Waals surface area contributed by atoms with Gasteiger partial charge in [0, 0.05) is 35.2 Å². The number of aryl methyl sites for hydroxylation is 1. The Labute approximate surface area is 173 Å². The van der Waals surface area contributed by atoms with Gasteiger partial charge >= 0.3 is 0 Å². The molecule has 0 saturated heterocycles. The third kappa shape index (κ3) is 5.32. The largest absolute Gasteiger partial charge is 0.326 e. The van der Waals surface area contributed by atoms with Crippen LogP contribution in [0.4, 0.5) is 17.5 Å². The number of carbonyl (C=O) groups excluding carboxylic acids is 1. The summed E-state index contributed by atoms with van der Waals surface area (Å²) < 4.78 is 0. The third-order valence-electron chi connectivity index (χ3n) is 4.35. The van der Waals surface area contributed by atoms with Gasteiger partial charge in [0.1, 0.15) is 5.82 Å². The van der Waals surface area contributed by atoms with Crippen LogP contribution in [0, 0.1) is 0 Å². The summed E-state index contributed by atoms with van der Waals surface area (Å²) in [6, 6.07) is 9.59. The van der Waals surface area contributed by atoms with Gasteiger partial charge in [0.15, 0.2) is 11.0 Å². The summed E-state index contributed by atoms with van der Waals surface area (Å²) in [5.74, 6) is 2.36. The van der Waals surface area contributed by atoms with E-state index in [1.54, 1.807) is 0 Å². The van der Waals surface area contributed by atoms with E-state index in [-0.39, 0.29) is 5.91 Å². The van der Waals surface area contributed by atoms with Crippen LogP contribution in [-0.4, -0.2) is 31.1 Å². The molecule has 3 aromatic rings. The van der Waals surface area contributed by atoms with Gasteiger partial charge < -0.3 is 10.6 Å². The molecule has 0 unspecified atom stereocenters. The summed E-state index contributed by atoms with van der Waals surface area (Å²) >= 11 is 1.47. The fraction of sp³-hybridized carbons (Fsp3) is 0.350. The number of nitrogens with one attached hydrogen (secondary N) is 3. The van der Waals surface area contributed by atoms with Crippen LogP contribution in [0.15, 0.2) is 40.4 Å². The number of hydrogen-bond acceptors (Lipinski definition) is 7. The number of rotatable bonds is 8. The SMILES string of the molecule is CCCc1cc(Nc2nc(Sc3ccc(NC(C)=O)cc3)nc(C3CC3)n2)n[nH]1. The van der Waals surface area contributed by atoms with Crippen LogP contribution < -0.4 is 10.6 Å². The van der Waals surface area contributed by atoms with Crippen LogP contribution >= 0.6 is 11.8 Å². The Hall–Kier alpha value is -2.94. The quantitative estimate of drug-likeness (QED) is 0.509. The minimum atomic E-state index is -0.0897. The number of anilines is 3. The Balaban J connectivity index is 1.52. The average molecular weight is 410 g/mol. The van der Waals surface area contributed by atoms with E-state index in [1.165, 1.54) is 18.7 Å². The maximum atomic E-state index is 11.2. The Morgan fingerprint density at radius 3 is 2.69 bits per heavy atom. The molecule has 150 valence electrons. The van der Waals surface area contributed by atoms with Crippen molar-refractivity contribution in [3.05, 3.63) is 41.9 Å². The highest BCUT2D eigenvalue weighted by molar-refractivity contribution is 7.99. The molecule has 29 heavy (non-hydrogen) atoms. The second-order valence-corrected chi connectivity index (χ2v) is 8.08. The van der Waals surface area contributed by atoms with Gasteiger partial charge in [-0.3, -0.25) is 9.89 Å². The normalized spacial score (nSPS) is 13.3. The molecular formula is C20H23N7OS. The number of amides is 1. The second-order valence-electron chi connectivity index (χ2n) is 7.04. The van der Waals surface area contributed by atoms with Crippen molar-refractivity contribution in [3.8, 4) is 0 Å². The van der Waals surface area contributed by atoms with E-state index in [9.17, 15) is 4.79 Å². The zero-order chi connectivity index (χ0) is 20.2. The van der Waals surface area contributed by atoms with Gasteiger partial charge in [0.25, 0.3) is 0 Å². The minimum absolute atomic E-state index is 0.0897. The van der Waals surface area contributed by atoms with Crippen LogP contribution in [0.25, 0.3) is 0 Å². The maximum absolute atomic E-state index is 11.2. The molecule has 0 bridgehead atoms. The monoisotopic (exact) mass is 409 g/mol. The van der Waals surface area contributed by atoms with Crippen LogP contribution in [0.5, 0.6) is 0 Å². The predicted molar refractivity (Wildman–Crippen MR) is 113 cm³/mol. The summed E-state index contributed by atoms with van der Waals surface area (Å²) in [5.41, 5.74) is 1.85. The predicted octanol–water partition coefficient (Wildman–Crippen LogP) is 4.28. The van der Waals surface area contributed by atoms with E-state index < -0.39 is 0 Å². The first-order valence-electron chi connectivity index (χ1n) is 9.72. The van der Waals surface area contributed by atoms with Crippen LogP contribution in [0.3, 0.4) is 0 Å². The first kappa shape index (κ1) is 19.4. The van der Waals surface area contributed by atoms with Crippen LogP contribution in [0.2, 0.25) is 0 Å². The Kier molecular flexibility index (Phi) is 5.75. The van der Waals surface area contributed by atoms with Crippen molar-refractivity contribution in [3.63, 3.8) is 0 Å². The molecule has 8 nitrogen and oxygen atoms in total. The zero-order valence-corrected chi connectivity index (χ0v) is 17.2. The molecule has 3 N–H and O–H groups in total. The molecule has 1 saturated carbocycles. The van der Waals surface area contributed by atoms with Gasteiger partial charge in [0.05, 0.1) is 0 Å². The van der Waals surface area contributed by atoms with Crippen molar-refractivity contribution in [1.29, 1.82) is 0 Å². The molecule has 1 aromatic carbocycles. The Bertz CT molecular complexity index is 998. The lowest BCUT2D eigenvalue weighted by molar-refractivity contribution is -0.114. The number of carbonyl (C=O) groups is 1. The summed E-state index contributed by atoms with van der Waals surface area (Å²) in [4.78, 5) is 25.9. The van der Waals surface area contributed by atoms with Gasteiger partial charge in [0.2, 0.25) is 11.9 Å². The average Bonchev–Trinajstić information content (AvgIpc) is 3.45. The topological polar surface area (TPSA) is 108 Å². The zero-order valence-electron chi connectivity index (χ0n) is 16.4. The number of nitrogens with zero attached hydrogens (tertiary/aromatic N) is 4. The van der Waals surface area contributed by atoms with E-state index >= 15 is 0 Å². The highest BCUT2D eigenvalue weighted by atomic mass is 32.2. The Morgan fingerprint density at radius 2 is 2.00 bits per heavy atom. The van der Waals surface area contributed by atoms with E-state index in [1.807, 2.05) is 30.3 Å². The van der Waals surface area contributed by atoms with Gasteiger partial charge in [-0.25, -0.2) is 4.98 Å². The molecule has 2 heterocycles. The first-order valence-corrected chi connectivity index (χ1v) is 10.5. The number of aromatic nitrogens is 5. The van der Waals surface area contributed by atoms with E-state index in [0.717, 1.165) is 47.8 Å². The molecule has 0 spiro atoms. The fourth-order valence-electron chi connectivity index (χ4n) is 2.85. The molecule has 4 rings (SSSR count). The lowest BCUT2D eigenvalue weighted by Gasteiger charge is -2.07. The highest BCUT2D eigenvalue weighted by Gasteiger charge is 2.28. The Morgan fingerprint density at radius 1 is 1.21 bits per heavy atom. The van der Waals surface area contributed by atoms with E-state index in [4.69, 9.17) is 0 Å². The molecule has 0 atom stereocenters. The van der Waals surface area contributed by atoms with Gasteiger partial charge in [-0.05, 0) is 55.3 Å². The van der Waals surface area contributed by atoms with Crippen molar-refractivity contribution >= 4 is 35.1 Å². The van der Waals surface area contributed by atoms with Crippen molar-refractivity contribution in [2.24, 2.45) is 0 Å². The van der Waals surface area contributed by atoms with Crippen LogP contribution in [-0.2, 0) is 11.2 Å². The van der Waals surface area contributed by atoms with E-state index in [2.05, 4.69) is 42.7 Å². The number of benzene rings is 1. The molecule has 0 aliphatic heterocycles.